The SMILES string of the molecule is CCCCCCC(CCCCCC)c1ccnn1C. The summed E-state index contributed by atoms with van der Waals surface area (Å²) < 4.78 is 2.07. The first-order valence-corrected chi connectivity index (χ1v) is 8.27. The molecule has 0 fully saturated rings. The quantitative estimate of drug-likeness (QED) is 0.486. The average Bonchev–Trinajstić information content (AvgIpc) is 2.83. The van der Waals surface area contributed by atoms with Crippen LogP contribution >= 0.6 is 0 Å². The van der Waals surface area contributed by atoms with Gasteiger partial charge in [-0.05, 0) is 18.9 Å². The smallest absolute Gasteiger partial charge is 0.0492 e. The van der Waals surface area contributed by atoms with Crippen LogP contribution in [-0.2, 0) is 7.05 Å². The molecular formula is C17H32N2. The van der Waals surface area contributed by atoms with Crippen LogP contribution in [0.2, 0.25) is 0 Å². The molecule has 110 valence electrons. The van der Waals surface area contributed by atoms with Crippen LogP contribution in [0.15, 0.2) is 12.3 Å². The van der Waals surface area contributed by atoms with Gasteiger partial charge in [-0.3, -0.25) is 4.68 Å². The fourth-order valence-electron chi connectivity index (χ4n) is 2.86. The maximum atomic E-state index is 4.34. The van der Waals surface area contributed by atoms with Crippen LogP contribution in [0.3, 0.4) is 0 Å². The second kappa shape index (κ2) is 10.1. The predicted octanol–water partition coefficient (Wildman–Crippen LogP) is 5.44. The lowest BCUT2D eigenvalue weighted by molar-refractivity contribution is 0.472. The zero-order chi connectivity index (χ0) is 13.9. The van der Waals surface area contributed by atoms with E-state index in [0.29, 0.717) is 0 Å². The first-order valence-electron chi connectivity index (χ1n) is 8.27. The highest BCUT2D eigenvalue weighted by molar-refractivity contribution is 5.07. The van der Waals surface area contributed by atoms with E-state index < -0.39 is 0 Å². The van der Waals surface area contributed by atoms with Crippen molar-refractivity contribution in [2.75, 3.05) is 0 Å². The monoisotopic (exact) mass is 264 g/mol. The lowest BCUT2D eigenvalue weighted by atomic mass is 9.91. The maximum absolute atomic E-state index is 4.34. The van der Waals surface area contributed by atoms with Crippen LogP contribution in [0.5, 0.6) is 0 Å². The molecule has 0 saturated heterocycles. The van der Waals surface area contributed by atoms with Crippen LogP contribution in [-0.4, -0.2) is 9.78 Å². The third kappa shape index (κ3) is 6.26. The molecule has 1 aromatic rings. The van der Waals surface area contributed by atoms with Crippen molar-refractivity contribution >= 4 is 0 Å². The van der Waals surface area contributed by atoms with Gasteiger partial charge in [0.1, 0.15) is 0 Å². The summed E-state index contributed by atoms with van der Waals surface area (Å²) in [6, 6.07) is 2.21. The standard InChI is InChI=1S/C17H32N2/c1-4-6-8-10-12-16(13-11-9-7-5-2)17-14-15-18-19(17)3/h14-16H,4-13H2,1-3H3. The zero-order valence-corrected chi connectivity index (χ0v) is 13.2. The number of hydrogen-bond acceptors (Lipinski definition) is 1. The molecule has 0 aliphatic carbocycles. The zero-order valence-electron chi connectivity index (χ0n) is 13.2. The highest BCUT2D eigenvalue weighted by Crippen LogP contribution is 2.28. The topological polar surface area (TPSA) is 17.8 Å². The normalized spacial score (nSPS) is 11.4. The van der Waals surface area contributed by atoms with E-state index >= 15 is 0 Å². The summed E-state index contributed by atoms with van der Waals surface area (Å²) in [5.41, 5.74) is 1.44. The van der Waals surface area contributed by atoms with Gasteiger partial charge in [0.2, 0.25) is 0 Å². The van der Waals surface area contributed by atoms with E-state index in [-0.39, 0.29) is 0 Å². The fourth-order valence-corrected chi connectivity index (χ4v) is 2.86. The Kier molecular flexibility index (Phi) is 8.61. The van der Waals surface area contributed by atoms with Gasteiger partial charge < -0.3 is 0 Å². The van der Waals surface area contributed by atoms with Crippen LogP contribution < -0.4 is 0 Å². The first-order chi connectivity index (χ1) is 9.29. The number of unbranched alkanes of at least 4 members (excludes halogenated alkanes) is 6. The molecule has 0 unspecified atom stereocenters. The van der Waals surface area contributed by atoms with Gasteiger partial charge in [-0.15, -0.1) is 0 Å². The molecule has 0 N–H and O–H groups in total. The van der Waals surface area contributed by atoms with Crippen molar-refractivity contribution in [2.24, 2.45) is 7.05 Å². The van der Waals surface area contributed by atoms with Gasteiger partial charge >= 0.3 is 0 Å². The molecule has 0 aliphatic rings. The largest absolute Gasteiger partial charge is 0.272 e. The van der Waals surface area contributed by atoms with Gasteiger partial charge in [-0.1, -0.05) is 65.2 Å². The summed E-state index contributed by atoms with van der Waals surface area (Å²) in [4.78, 5) is 0. The van der Waals surface area contributed by atoms with E-state index in [4.69, 9.17) is 0 Å². The van der Waals surface area contributed by atoms with Crippen LogP contribution in [0.25, 0.3) is 0 Å². The minimum absolute atomic E-state index is 0.723. The van der Waals surface area contributed by atoms with Crippen molar-refractivity contribution in [2.45, 2.75) is 84.0 Å². The minimum atomic E-state index is 0.723. The van der Waals surface area contributed by atoms with Gasteiger partial charge in [0.05, 0.1) is 0 Å². The summed E-state index contributed by atoms with van der Waals surface area (Å²) >= 11 is 0. The molecule has 0 atom stereocenters. The number of hydrogen-bond donors (Lipinski definition) is 0. The predicted molar refractivity (Wildman–Crippen MR) is 83.5 cm³/mol. The number of rotatable bonds is 11. The highest BCUT2D eigenvalue weighted by atomic mass is 15.3. The van der Waals surface area contributed by atoms with E-state index in [1.54, 1.807) is 0 Å². The minimum Gasteiger partial charge on any atom is -0.272 e. The van der Waals surface area contributed by atoms with Crippen LogP contribution in [0.1, 0.15) is 89.7 Å². The van der Waals surface area contributed by atoms with Gasteiger partial charge in [0.25, 0.3) is 0 Å². The van der Waals surface area contributed by atoms with Gasteiger partial charge in [-0.25, -0.2) is 0 Å². The van der Waals surface area contributed by atoms with Crippen molar-refractivity contribution in [3.63, 3.8) is 0 Å². The summed E-state index contributed by atoms with van der Waals surface area (Å²) in [6.45, 7) is 4.56. The van der Waals surface area contributed by atoms with Crippen molar-refractivity contribution in [1.29, 1.82) is 0 Å². The Morgan fingerprint density at radius 1 is 0.947 bits per heavy atom. The molecular weight excluding hydrogens is 232 g/mol. The summed E-state index contributed by atoms with van der Waals surface area (Å²) in [5.74, 6) is 0.723. The Morgan fingerprint density at radius 2 is 1.53 bits per heavy atom. The molecule has 2 nitrogen and oxygen atoms in total. The van der Waals surface area contributed by atoms with Gasteiger partial charge in [0, 0.05) is 24.9 Å². The Bertz CT molecular complexity index is 305. The summed E-state index contributed by atoms with van der Waals surface area (Å²) in [5, 5.41) is 4.34. The van der Waals surface area contributed by atoms with E-state index in [1.165, 1.54) is 69.9 Å². The molecule has 1 aromatic heterocycles. The third-order valence-corrected chi connectivity index (χ3v) is 4.09. The summed E-state index contributed by atoms with van der Waals surface area (Å²) in [7, 11) is 2.08. The molecule has 1 rings (SSSR count). The van der Waals surface area contributed by atoms with Crippen LogP contribution in [0, 0.1) is 0 Å². The molecule has 0 spiro atoms. The van der Waals surface area contributed by atoms with Crippen molar-refractivity contribution in [3.05, 3.63) is 18.0 Å². The second-order valence-corrected chi connectivity index (χ2v) is 5.78. The molecule has 2 heteroatoms. The first kappa shape index (κ1) is 16.3. The average molecular weight is 264 g/mol. The molecule has 0 bridgehead atoms. The third-order valence-electron chi connectivity index (χ3n) is 4.09. The lowest BCUT2D eigenvalue weighted by Gasteiger charge is -2.17. The second-order valence-electron chi connectivity index (χ2n) is 5.78. The van der Waals surface area contributed by atoms with Gasteiger partial charge in [-0.2, -0.15) is 5.10 Å². The molecule has 0 saturated carbocycles. The van der Waals surface area contributed by atoms with E-state index in [9.17, 15) is 0 Å². The Hall–Kier alpha value is -0.790. The van der Waals surface area contributed by atoms with Crippen LogP contribution in [0.4, 0.5) is 0 Å². The molecule has 0 aromatic carbocycles. The van der Waals surface area contributed by atoms with Crippen molar-refractivity contribution in [3.8, 4) is 0 Å². The molecule has 1 heterocycles. The van der Waals surface area contributed by atoms with E-state index in [0.717, 1.165) is 5.92 Å². The maximum Gasteiger partial charge on any atom is 0.0492 e. The molecule has 0 amide bonds. The highest BCUT2D eigenvalue weighted by Gasteiger charge is 2.14. The van der Waals surface area contributed by atoms with E-state index in [1.807, 2.05) is 6.20 Å². The van der Waals surface area contributed by atoms with E-state index in [2.05, 4.69) is 36.7 Å². The molecule has 0 radical (unpaired) electrons. The fraction of sp³-hybridized carbons (Fsp3) is 0.824. The molecule has 0 aliphatic heterocycles. The Balaban J connectivity index is 2.41. The summed E-state index contributed by atoms with van der Waals surface area (Å²) in [6.07, 6.45) is 15.6. The number of aryl methyl sites for hydroxylation is 1. The van der Waals surface area contributed by atoms with Gasteiger partial charge in [0.15, 0.2) is 0 Å². The Morgan fingerprint density at radius 3 is 1.95 bits per heavy atom. The lowest BCUT2D eigenvalue weighted by Crippen LogP contribution is -2.06. The Labute approximate surface area is 119 Å². The molecule has 19 heavy (non-hydrogen) atoms. The van der Waals surface area contributed by atoms with Crippen molar-refractivity contribution in [1.82, 2.24) is 9.78 Å². The number of aromatic nitrogens is 2. The number of nitrogens with zero attached hydrogens (tertiary/aromatic N) is 2. The van der Waals surface area contributed by atoms with Crippen molar-refractivity contribution < 1.29 is 0 Å².